The maximum atomic E-state index is 13.0. The minimum Gasteiger partial charge on any atom is -0.486 e. The van der Waals surface area contributed by atoms with Crippen molar-refractivity contribution in [3.63, 3.8) is 0 Å². The van der Waals surface area contributed by atoms with Crippen LogP contribution in [0.25, 0.3) is 0 Å². The lowest BCUT2D eigenvalue weighted by atomic mass is 10.2. The Kier molecular flexibility index (Phi) is 6.28. The van der Waals surface area contributed by atoms with Gasteiger partial charge < -0.3 is 14.5 Å². The van der Waals surface area contributed by atoms with Crippen LogP contribution in [-0.2, 0) is 13.2 Å². The van der Waals surface area contributed by atoms with E-state index in [2.05, 4.69) is 10.4 Å². The van der Waals surface area contributed by atoms with Gasteiger partial charge in [0.2, 0.25) is 0 Å². The van der Waals surface area contributed by atoms with Gasteiger partial charge in [-0.1, -0.05) is 23.7 Å². The van der Waals surface area contributed by atoms with E-state index in [1.165, 1.54) is 24.3 Å². The molecule has 2 heterocycles. The number of hydrogen-bond acceptors (Lipinski definition) is 4. The van der Waals surface area contributed by atoms with E-state index in [1.807, 2.05) is 42.8 Å². The van der Waals surface area contributed by atoms with Gasteiger partial charge in [-0.2, -0.15) is 5.10 Å². The average molecular weight is 454 g/mol. The van der Waals surface area contributed by atoms with Gasteiger partial charge in [0.25, 0.3) is 5.91 Å². The monoisotopic (exact) mass is 453 g/mol. The van der Waals surface area contributed by atoms with E-state index in [0.29, 0.717) is 34.5 Å². The van der Waals surface area contributed by atoms with E-state index in [1.54, 1.807) is 12.1 Å². The van der Waals surface area contributed by atoms with Crippen LogP contribution in [0.1, 0.15) is 33.3 Å². The summed E-state index contributed by atoms with van der Waals surface area (Å²) < 4.78 is 26.0. The molecule has 1 amide bonds. The molecular weight excluding hydrogens is 433 g/mol. The van der Waals surface area contributed by atoms with E-state index in [9.17, 15) is 9.18 Å². The molecule has 4 aromatic rings. The van der Waals surface area contributed by atoms with E-state index in [-0.39, 0.29) is 24.1 Å². The highest BCUT2D eigenvalue weighted by Crippen LogP contribution is 2.23. The number of benzene rings is 2. The smallest absolute Gasteiger partial charge is 0.291 e. The van der Waals surface area contributed by atoms with Crippen LogP contribution in [0.5, 0.6) is 5.75 Å². The molecule has 2 aromatic carbocycles. The predicted molar refractivity (Wildman–Crippen MR) is 120 cm³/mol. The Bertz CT molecular complexity index is 1250. The van der Waals surface area contributed by atoms with Crippen LogP contribution in [0, 0.1) is 19.7 Å². The Balaban J connectivity index is 1.41. The van der Waals surface area contributed by atoms with Crippen LogP contribution in [-0.4, -0.2) is 15.7 Å². The summed E-state index contributed by atoms with van der Waals surface area (Å²) in [7, 11) is 0. The summed E-state index contributed by atoms with van der Waals surface area (Å²) in [6.45, 7) is 4.38. The number of furan rings is 1. The van der Waals surface area contributed by atoms with Gasteiger partial charge in [0.15, 0.2) is 5.76 Å². The fraction of sp³-hybridized carbons (Fsp3) is 0.167. The van der Waals surface area contributed by atoms with Crippen molar-refractivity contribution < 1.29 is 18.3 Å². The summed E-state index contributed by atoms with van der Waals surface area (Å²) in [6, 6.07) is 16.5. The van der Waals surface area contributed by atoms with Crippen molar-refractivity contribution in [2.75, 3.05) is 5.32 Å². The molecule has 8 heteroatoms. The molecular formula is C24H21ClFN3O3. The largest absolute Gasteiger partial charge is 0.486 e. The van der Waals surface area contributed by atoms with E-state index in [0.717, 1.165) is 11.3 Å². The zero-order chi connectivity index (χ0) is 22.7. The van der Waals surface area contributed by atoms with Crippen LogP contribution in [0.4, 0.5) is 10.1 Å². The quantitative estimate of drug-likeness (QED) is 0.386. The first-order valence-corrected chi connectivity index (χ1v) is 10.3. The maximum absolute atomic E-state index is 13.0. The fourth-order valence-electron chi connectivity index (χ4n) is 3.28. The van der Waals surface area contributed by atoms with Crippen molar-refractivity contribution >= 4 is 23.2 Å². The van der Waals surface area contributed by atoms with Gasteiger partial charge in [-0.15, -0.1) is 0 Å². The molecule has 0 unspecified atom stereocenters. The fourth-order valence-corrected chi connectivity index (χ4v) is 3.49. The van der Waals surface area contributed by atoms with Gasteiger partial charge in [-0.25, -0.2) is 4.39 Å². The van der Waals surface area contributed by atoms with Crippen LogP contribution < -0.4 is 10.1 Å². The minimum absolute atomic E-state index is 0.120. The molecule has 0 fully saturated rings. The Morgan fingerprint density at radius 3 is 2.69 bits per heavy atom. The Labute approximate surface area is 189 Å². The number of anilines is 1. The number of aryl methyl sites for hydroxylation is 1. The van der Waals surface area contributed by atoms with Crippen molar-refractivity contribution in [1.29, 1.82) is 0 Å². The molecule has 164 valence electrons. The zero-order valence-corrected chi connectivity index (χ0v) is 18.3. The SMILES string of the molecule is Cc1nn(Cc2cccc(Cl)c2)c(C)c1NC(=O)c1ccc(COc2ccc(F)cc2)o1. The summed E-state index contributed by atoms with van der Waals surface area (Å²) in [5, 5.41) is 8.08. The lowest BCUT2D eigenvalue weighted by Gasteiger charge is -2.07. The van der Waals surface area contributed by atoms with Crippen molar-refractivity contribution in [1.82, 2.24) is 9.78 Å². The summed E-state index contributed by atoms with van der Waals surface area (Å²) in [4.78, 5) is 12.7. The van der Waals surface area contributed by atoms with E-state index in [4.69, 9.17) is 20.8 Å². The van der Waals surface area contributed by atoms with E-state index < -0.39 is 0 Å². The summed E-state index contributed by atoms with van der Waals surface area (Å²) >= 11 is 6.07. The molecule has 1 N–H and O–H groups in total. The highest BCUT2D eigenvalue weighted by molar-refractivity contribution is 6.30. The van der Waals surface area contributed by atoms with Crippen LogP contribution in [0.2, 0.25) is 5.02 Å². The number of carbonyl (C=O) groups is 1. The van der Waals surface area contributed by atoms with Gasteiger partial charge in [0.05, 0.1) is 23.6 Å². The Morgan fingerprint density at radius 1 is 1.16 bits per heavy atom. The molecule has 0 aliphatic rings. The number of halogens is 2. The second-order valence-corrected chi connectivity index (χ2v) is 7.73. The second kappa shape index (κ2) is 9.28. The number of nitrogens with zero attached hydrogens (tertiary/aromatic N) is 2. The van der Waals surface area contributed by atoms with Crippen molar-refractivity contribution in [2.45, 2.75) is 27.0 Å². The number of amides is 1. The number of nitrogens with one attached hydrogen (secondary N) is 1. The van der Waals surface area contributed by atoms with Crippen molar-refractivity contribution in [3.05, 3.63) is 100.0 Å². The summed E-state index contributed by atoms with van der Waals surface area (Å²) in [5.41, 5.74) is 3.17. The molecule has 0 saturated carbocycles. The highest BCUT2D eigenvalue weighted by atomic mass is 35.5. The number of carbonyl (C=O) groups excluding carboxylic acids is 1. The normalized spacial score (nSPS) is 10.9. The van der Waals surface area contributed by atoms with Gasteiger partial charge in [0.1, 0.15) is 23.9 Å². The first kappa shape index (κ1) is 21.6. The predicted octanol–water partition coefficient (Wildman–Crippen LogP) is 5.77. The first-order chi connectivity index (χ1) is 15.4. The first-order valence-electron chi connectivity index (χ1n) is 9.96. The molecule has 0 spiro atoms. The number of hydrogen-bond donors (Lipinski definition) is 1. The second-order valence-electron chi connectivity index (χ2n) is 7.30. The molecule has 0 aliphatic heterocycles. The van der Waals surface area contributed by atoms with Crippen molar-refractivity contribution in [2.24, 2.45) is 0 Å². The number of ether oxygens (including phenoxy) is 1. The molecule has 0 atom stereocenters. The van der Waals surface area contributed by atoms with Gasteiger partial charge in [0, 0.05) is 5.02 Å². The topological polar surface area (TPSA) is 69.3 Å². The lowest BCUT2D eigenvalue weighted by molar-refractivity contribution is 0.0992. The number of rotatable bonds is 7. The molecule has 0 saturated heterocycles. The molecule has 32 heavy (non-hydrogen) atoms. The zero-order valence-electron chi connectivity index (χ0n) is 17.6. The van der Waals surface area contributed by atoms with Crippen LogP contribution in [0.15, 0.2) is 65.1 Å². The van der Waals surface area contributed by atoms with Gasteiger partial charge in [-0.3, -0.25) is 9.48 Å². The third-order valence-electron chi connectivity index (χ3n) is 4.92. The van der Waals surface area contributed by atoms with Gasteiger partial charge >= 0.3 is 0 Å². The van der Waals surface area contributed by atoms with E-state index >= 15 is 0 Å². The molecule has 0 radical (unpaired) electrons. The molecule has 0 aliphatic carbocycles. The summed E-state index contributed by atoms with van der Waals surface area (Å²) in [5.74, 6) is 0.420. The molecule has 0 bridgehead atoms. The lowest BCUT2D eigenvalue weighted by Crippen LogP contribution is -2.12. The third-order valence-corrected chi connectivity index (χ3v) is 5.16. The van der Waals surface area contributed by atoms with Crippen molar-refractivity contribution in [3.8, 4) is 5.75 Å². The maximum Gasteiger partial charge on any atom is 0.291 e. The summed E-state index contributed by atoms with van der Waals surface area (Å²) in [6.07, 6.45) is 0. The number of aromatic nitrogens is 2. The standard InChI is InChI=1S/C24H21ClFN3O3/c1-15-23(16(2)29(28-15)13-17-4-3-5-18(25)12-17)27-24(30)22-11-10-21(32-22)14-31-20-8-6-19(26)7-9-20/h3-12H,13-14H2,1-2H3,(H,27,30). The molecule has 2 aromatic heterocycles. The van der Waals surface area contributed by atoms with Gasteiger partial charge in [-0.05, 0) is 67.9 Å². The Morgan fingerprint density at radius 2 is 1.94 bits per heavy atom. The Hall–Kier alpha value is -3.58. The molecule has 4 rings (SSSR count). The van der Waals surface area contributed by atoms with Crippen LogP contribution in [0.3, 0.4) is 0 Å². The molecule has 6 nitrogen and oxygen atoms in total. The highest BCUT2D eigenvalue weighted by Gasteiger charge is 2.18. The average Bonchev–Trinajstić information content (AvgIpc) is 3.34. The van der Waals surface area contributed by atoms with Crippen LogP contribution >= 0.6 is 11.6 Å². The minimum atomic E-state index is -0.383. The third kappa shape index (κ3) is 5.00.